The maximum atomic E-state index is 11.9. The Morgan fingerprint density at radius 1 is 1.47 bits per heavy atom. The second-order valence-corrected chi connectivity index (χ2v) is 5.11. The van der Waals surface area contributed by atoms with Crippen LogP contribution in [0.25, 0.3) is 0 Å². The van der Waals surface area contributed by atoms with Gasteiger partial charge in [-0.15, -0.1) is 11.3 Å². The molecular weight excluding hydrogens is 262 g/mol. The molecule has 2 amide bonds. The fourth-order valence-corrected chi connectivity index (χ4v) is 2.24. The zero-order valence-electron chi connectivity index (χ0n) is 10.4. The molecule has 1 heterocycles. The average Bonchev–Trinajstić information content (AvgIpc) is 3.08. The highest BCUT2D eigenvalue weighted by Crippen LogP contribution is 2.18. The predicted octanol–water partition coefficient (Wildman–Crippen LogP) is 0.0667. The van der Waals surface area contributed by atoms with Gasteiger partial charge in [-0.1, -0.05) is 11.8 Å². The molecule has 1 aliphatic rings. The summed E-state index contributed by atoms with van der Waals surface area (Å²) in [6.45, 7) is 0.248. The molecular formula is C13H15N3O2S. The molecule has 0 spiro atoms. The van der Waals surface area contributed by atoms with Crippen LogP contribution in [0, 0.1) is 11.8 Å². The fraction of sp³-hybridized carbons (Fsp3) is 0.385. The lowest BCUT2D eigenvalue weighted by atomic mass is 10.2. The van der Waals surface area contributed by atoms with Gasteiger partial charge < -0.3 is 16.4 Å². The quantitative estimate of drug-likeness (QED) is 0.681. The second kappa shape index (κ2) is 6.36. The van der Waals surface area contributed by atoms with Crippen LogP contribution < -0.4 is 16.4 Å². The lowest BCUT2D eigenvalue weighted by molar-refractivity contribution is -0.120. The first-order valence-corrected chi connectivity index (χ1v) is 6.92. The number of rotatable bonds is 4. The standard InChI is InChI=1S/C13H15N3O2S/c14-6-1-2-9-5-7-19-12(9)13(18)15-8-11(17)16-10-3-4-10/h5,7,10H,3-4,6,8,14H2,(H,15,18)(H,16,17). The molecule has 1 aromatic rings. The predicted molar refractivity (Wildman–Crippen MR) is 73.7 cm³/mol. The van der Waals surface area contributed by atoms with E-state index >= 15 is 0 Å². The minimum Gasteiger partial charge on any atom is -0.352 e. The SMILES string of the molecule is NCC#Cc1ccsc1C(=O)NCC(=O)NC1CC1. The summed E-state index contributed by atoms with van der Waals surface area (Å²) < 4.78 is 0. The number of carbonyl (C=O) groups is 2. The molecule has 1 fully saturated rings. The van der Waals surface area contributed by atoms with Crippen LogP contribution in [0.2, 0.25) is 0 Å². The zero-order chi connectivity index (χ0) is 13.7. The van der Waals surface area contributed by atoms with Gasteiger partial charge in [0.05, 0.1) is 13.1 Å². The van der Waals surface area contributed by atoms with Crippen molar-refractivity contribution in [1.29, 1.82) is 0 Å². The van der Waals surface area contributed by atoms with Gasteiger partial charge in [-0.05, 0) is 24.3 Å². The Balaban J connectivity index is 1.88. The summed E-state index contributed by atoms with van der Waals surface area (Å²) in [4.78, 5) is 23.9. The van der Waals surface area contributed by atoms with Crippen molar-refractivity contribution in [1.82, 2.24) is 10.6 Å². The van der Waals surface area contributed by atoms with Gasteiger partial charge in [-0.25, -0.2) is 0 Å². The molecule has 0 unspecified atom stereocenters. The molecule has 0 aromatic carbocycles. The monoisotopic (exact) mass is 277 g/mol. The molecule has 19 heavy (non-hydrogen) atoms. The minimum atomic E-state index is -0.276. The van der Waals surface area contributed by atoms with Gasteiger partial charge in [0.1, 0.15) is 4.88 Å². The van der Waals surface area contributed by atoms with E-state index in [1.165, 1.54) is 11.3 Å². The summed E-state index contributed by atoms with van der Waals surface area (Å²) in [6.07, 6.45) is 2.06. The van der Waals surface area contributed by atoms with E-state index in [4.69, 9.17) is 5.73 Å². The van der Waals surface area contributed by atoms with E-state index in [0.29, 0.717) is 16.5 Å². The minimum absolute atomic E-state index is 0.00299. The van der Waals surface area contributed by atoms with Crippen LogP contribution in [0.5, 0.6) is 0 Å². The molecule has 0 aliphatic heterocycles. The van der Waals surface area contributed by atoms with Crippen molar-refractivity contribution < 1.29 is 9.59 Å². The number of hydrogen-bond acceptors (Lipinski definition) is 4. The summed E-state index contributed by atoms with van der Waals surface area (Å²) in [6, 6.07) is 2.07. The van der Waals surface area contributed by atoms with Gasteiger partial charge in [0.2, 0.25) is 5.91 Å². The Morgan fingerprint density at radius 3 is 2.95 bits per heavy atom. The van der Waals surface area contributed by atoms with Crippen molar-refractivity contribution in [2.75, 3.05) is 13.1 Å². The summed E-state index contributed by atoms with van der Waals surface area (Å²) in [5.41, 5.74) is 5.95. The van der Waals surface area contributed by atoms with Crippen LogP contribution >= 0.6 is 11.3 Å². The van der Waals surface area contributed by atoms with Crippen LogP contribution in [0.3, 0.4) is 0 Å². The van der Waals surface area contributed by atoms with Crippen LogP contribution in [0.4, 0.5) is 0 Å². The zero-order valence-corrected chi connectivity index (χ0v) is 11.2. The van der Waals surface area contributed by atoms with Crippen molar-refractivity contribution >= 4 is 23.2 Å². The van der Waals surface area contributed by atoms with E-state index in [1.54, 1.807) is 11.4 Å². The van der Waals surface area contributed by atoms with Crippen LogP contribution in [-0.4, -0.2) is 30.9 Å². The number of thiophene rings is 1. The highest BCUT2D eigenvalue weighted by atomic mass is 32.1. The molecule has 4 N–H and O–H groups in total. The van der Waals surface area contributed by atoms with Crippen molar-refractivity contribution in [3.05, 3.63) is 21.9 Å². The van der Waals surface area contributed by atoms with E-state index in [9.17, 15) is 9.59 Å². The first-order chi connectivity index (χ1) is 9.20. The van der Waals surface area contributed by atoms with Crippen LogP contribution in [-0.2, 0) is 4.79 Å². The van der Waals surface area contributed by atoms with Gasteiger partial charge in [0.15, 0.2) is 0 Å². The first kappa shape index (κ1) is 13.6. The molecule has 100 valence electrons. The third-order valence-electron chi connectivity index (χ3n) is 2.55. The molecule has 0 radical (unpaired) electrons. The topological polar surface area (TPSA) is 84.2 Å². The summed E-state index contributed by atoms with van der Waals surface area (Å²) >= 11 is 1.30. The van der Waals surface area contributed by atoms with E-state index in [1.807, 2.05) is 0 Å². The molecule has 1 aromatic heterocycles. The Hall–Kier alpha value is -1.84. The Morgan fingerprint density at radius 2 is 2.26 bits per heavy atom. The van der Waals surface area contributed by atoms with E-state index in [2.05, 4.69) is 22.5 Å². The molecule has 0 bridgehead atoms. The molecule has 6 heteroatoms. The molecule has 1 saturated carbocycles. The Kier molecular flexibility index (Phi) is 4.55. The van der Waals surface area contributed by atoms with Crippen LogP contribution in [0.1, 0.15) is 28.1 Å². The largest absolute Gasteiger partial charge is 0.352 e. The number of carbonyl (C=O) groups excluding carboxylic acids is 2. The first-order valence-electron chi connectivity index (χ1n) is 6.04. The summed E-state index contributed by atoms with van der Waals surface area (Å²) in [5, 5.41) is 7.20. The maximum absolute atomic E-state index is 11.9. The van der Waals surface area contributed by atoms with Crippen LogP contribution in [0.15, 0.2) is 11.4 Å². The molecule has 1 aliphatic carbocycles. The molecule has 2 rings (SSSR count). The lowest BCUT2D eigenvalue weighted by Gasteiger charge is -2.05. The smallest absolute Gasteiger partial charge is 0.263 e. The van der Waals surface area contributed by atoms with E-state index in [0.717, 1.165) is 12.8 Å². The Bertz CT molecular complexity index is 538. The van der Waals surface area contributed by atoms with Gasteiger partial charge in [-0.2, -0.15) is 0 Å². The van der Waals surface area contributed by atoms with Crippen molar-refractivity contribution in [2.24, 2.45) is 5.73 Å². The maximum Gasteiger partial charge on any atom is 0.263 e. The lowest BCUT2D eigenvalue weighted by Crippen LogP contribution is -2.37. The second-order valence-electron chi connectivity index (χ2n) is 4.19. The highest BCUT2D eigenvalue weighted by Gasteiger charge is 2.23. The normalized spacial score (nSPS) is 13.3. The summed E-state index contributed by atoms with van der Waals surface area (Å²) in [5.74, 6) is 5.12. The van der Waals surface area contributed by atoms with Gasteiger partial charge in [0, 0.05) is 11.6 Å². The fourth-order valence-electron chi connectivity index (χ4n) is 1.48. The number of amides is 2. The molecule has 0 saturated heterocycles. The van der Waals surface area contributed by atoms with Gasteiger partial charge >= 0.3 is 0 Å². The van der Waals surface area contributed by atoms with E-state index < -0.39 is 0 Å². The van der Waals surface area contributed by atoms with Crippen molar-refractivity contribution in [3.8, 4) is 11.8 Å². The van der Waals surface area contributed by atoms with E-state index in [-0.39, 0.29) is 24.9 Å². The van der Waals surface area contributed by atoms with Crippen molar-refractivity contribution in [2.45, 2.75) is 18.9 Å². The number of nitrogens with two attached hydrogens (primary N) is 1. The van der Waals surface area contributed by atoms with Crippen molar-refractivity contribution in [3.63, 3.8) is 0 Å². The molecule has 0 atom stereocenters. The Labute approximate surface area is 115 Å². The van der Waals surface area contributed by atoms with Gasteiger partial charge in [0.25, 0.3) is 5.91 Å². The number of hydrogen-bond donors (Lipinski definition) is 3. The van der Waals surface area contributed by atoms with Gasteiger partial charge in [-0.3, -0.25) is 9.59 Å². The third kappa shape index (κ3) is 4.09. The molecule has 5 nitrogen and oxygen atoms in total. The number of nitrogens with one attached hydrogen (secondary N) is 2. The summed E-state index contributed by atoms with van der Waals surface area (Å²) in [7, 11) is 0. The average molecular weight is 277 g/mol. The highest BCUT2D eigenvalue weighted by molar-refractivity contribution is 7.12. The third-order valence-corrected chi connectivity index (χ3v) is 3.46.